The lowest BCUT2D eigenvalue weighted by molar-refractivity contribution is -0.118. The summed E-state index contributed by atoms with van der Waals surface area (Å²) in [7, 11) is -3.24. The van der Waals surface area contributed by atoms with Crippen molar-refractivity contribution in [3.63, 3.8) is 0 Å². The lowest BCUT2D eigenvalue weighted by Gasteiger charge is -2.32. The van der Waals surface area contributed by atoms with E-state index < -0.39 is 9.84 Å². The second-order valence-corrected chi connectivity index (χ2v) is 11.1. The van der Waals surface area contributed by atoms with Crippen LogP contribution in [0.5, 0.6) is 0 Å². The lowest BCUT2D eigenvalue weighted by Crippen LogP contribution is -2.51. The number of carbonyl (C=O) groups is 1. The van der Waals surface area contributed by atoms with Crippen molar-refractivity contribution in [2.75, 3.05) is 23.4 Å². The van der Waals surface area contributed by atoms with Crippen molar-refractivity contribution in [2.24, 2.45) is 0 Å². The minimum Gasteiger partial charge on any atom is -0.324 e. The predicted octanol–water partition coefficient (Wildman–Crippen LogP) is 3.74. The lowest BCUT2D eigenvalue weighted by atomic mass is 10.1. The third-order valence-corrected chi connectivity index (χ3v) is 7.97. The second-order valence-electron chi connectivity index (χ2n) is 8.54. The molecular formula is C26H28ClN3O3S. The molecule has 34 heavy (non-hydrogen) atoms. The summed E-state index contributed by atoms with van der Waals surface area (Å²) in [6.07, 6.45) is 0. The summed E-state index contributed by atoms with van der Waals surface area (Å²) in [6, 6.07) is 26.1. The summed E-state index contributed by atoms with van der Waals surface area (Å²) < 4.78 is 25.3. The Morgan fingerprint density at radius 3 is 2.18 bits per heavy atom. The van der Waals surface area contributed by atoms with E-state index in [0.29, 0.717) is 23.8 Å². The molecule has 6 nitrogen and oxygen atoms in total. The number of rotatable bonds is 9. The van der Waals surface area contributed by atoms with Gasteiger partial charge in [0, 0.05) is 25.2 Å². The molecule has 0 aromatic heterocycles. The average Bonchev–Trinajstić information content (AvgIpc) is 3.14. The molecule has 0 bridgehead atoms. The van der Waals surface area contributed by atoms with E-state index >= 15 is 0 Å². The molecule has 3 aromatic rings. The topological polar surface area (TPSA) is 78.5 Å². The van der Waals surface area contributed by atoms with Gasteiger partial charge in [0.15, 0.2) is 9.84 Å². The first-order valence-corrected chi connectivity index (χ1v) is 13.4. The van der Waals surface area contributed by atoms with E-state index in [2.05, 4.69) is 10.6 Å². The molecule has 0 saturated carbocycles. The fraction of sp³-hybridized carbons (Fsp3) is 0.269. The van der Waals surface area contributed by atoms with Crippen LogP contribution in [0.3, 0.4) is 0 Å². The monoisotopic (exact) mass is 497 g/mol. The van der Waals surface area contributed by atoms with E-state index in [0.717, 1.165) is 11.1 Å². The third-order valence-electron chi connectivity index (χ3n) is 5.93. The van der Waals surface area contributed by atoms with Gasteiger partial charge in [-0.3, -0.25) is 9.69 Å². The van der Waals surface area contributed by atoms with Gasteiger partial charge in [-0.15, -0.1) is 0 Å². The van der Waals surface area contributed by atoms with Crippen molar-refractivity contribution in [1.29, 1.82) is 0 Å². The maximum atomic E-state index is 13.0. The van der Waals surface area contributed by atoms with Crippen LogP contribution in [0.2, 0.25) is 5.02 Å². The Labute approximate surface area is 205 Å². The Kier molecular flexibility index (Phi) is 8.00. The van der Waals surface area contributed by atoms with Gasteiger partial charge in [-0.2, -0.15) is 0 Å². The molecule has 8 heteroatoms. The van der Waals surface area contributed by atoms with Gasteiger partial charge >= 0.3 is 0 Å². The molecule has 1 aliphatic heterocycles. The number of nitrogens with zero attached hydrogens (tertiary/aromatic N) is 1. The van der Waals surface area contributed by atoms with Crippen LogP contribution in [0.25, 0.3) is 0 Å². The first kappa shape index (κ1) is 24.4. The molecular weight excluding hydrogens is 470 g/mol. The van der Waals surface area contributed by atoms with Gasteiger partial charge in [-0.05, 0) is 23.3 Å². The van der Waals surface area contributed by atoms with Crippen LogP contribution >= 0.6 is 11.6 Å². The molecule has 0 aliphatic carbocycles. The van der Waals surface area contributed by atoms with E-state index in [1.54, 1.807) is 24.3 Å². The van der Waals surface area contributed by atoms with Crippen LogP contribution in [0.4, 0.5) is 5.69 Å². The highest BCUT2D eigenvalue weighted by Crippen LogP contribution is 2.23. The van der Waals surface area contributed by atoms with Crippen LogP contribution in [0, 0.1) is 0 Å². The number of carbonyl (C=O) groups excluding carboxylic acids is 1. The van der Waals surface area contributed by atoms with Crippen LogP contribution in [-0.2, 0) is 27.7 Å². The number of halogens is 1. The average molecular weight is 498 g/mol. The zero-order chi connectivity index (χ0) is 24.0. The largest absolute Gasteiger partial charge is 0.324 e. The zero-order valence-electron chi connectivity index (χ0n) is 18.7. The van der Waals surface area contributed by atoms with Crippen molar-refractivity contribution in [1.82, 2.24) is 10.2 Å². The predicted molar refractivity (Wildman–Crippen MR) is 136 cm³/mol. The Bertz CT molecular complexity index is 1210. The SMILES string of the molecule is O=C(CN(Cc1ccccc1)C1CS(=O)(=O)CC1NCc1ccccc1)Nc1ccccc1Cl. The van der Waals surface area contributed by atoms with E-state index in [1.165, 1.54) is 0 Å². The molecule has 2 atom stereocenters. The summed E-state index contributed by atoms with van der Waals surface area (Å²) >= 11 is 6.20. The fourth-order valence-electron chi connectivity index (χ4n) is 4.27. The summed E-state index contributed by atoms with van der Waals surface area (Å²) in [5.41, 5.74) is 2.63. The van der Waals surface area contributed by atoms with Crippen molar-refractivity contribution in [3.05, 3.63) is 101 Å². The Morgan fingerprint density at radius 2 is 1.50 bits per heavy atom. The third kappa shape index (κ3) is 6.67. The van der Waals surface area contributed by atoms with Gasteiger partial charge in [0.2, 0.25) is 5.91 Å². The van der Waals surface area contributed by atoms with Crippen LogP contribution in [-0.4, -0.2) is 49.4 Å². The molecule has 1 aliphatic rings. The summed E-state index contributed by atoms with van der Waals surface area (Å²) in [4.78, 5) is 14.9. The van der Waals surface area contributed by atoms with Gasteiger partial charge in [-0.1, -0.05) is 84.4 Å². The summed E-state index contributed by atoms with van der Waals surface area (Å²) in [5.74, 6) is -0.191. The second kappa shape index (κ2) is 11.1. The first-order chi connectivity index (χ1) is 16.4. The molecule has 0 spiro atoms. The molecule has 1 heterocycles. The highest BCUT2D eigenvalue weighted by atomic mass is 35.5. The molecule has 178 valence electrons. The van der Waals surface area contributed by atoms with Crippen LogP contribution < -0.4 is 10.6 Å². The number of hydrogen-bond acceptors (Lipinski definition) is 5. The molecule has 0 radical (unpaired) electrons. The molecule has 1 saturated heterocycles. The van der Waals surface area contributed by atoms with Gasteiger partial charge in [0.25, 0.3) is 0 Å². The van der Waals surface area contributed by atoms with Crippen LogP contribution in [0.15, 0.2) is 84.9 Å². The summed E-state index contributed by atoms with van der Waals surface area (Å²) in [5, 5.41) is 6.74. The zero-order valence-corrected chi connectivity index (χ0v) is 20.3. The highest BCUT2D eigenvalue weighted by molar-refractivity contribution is 7.91. The maximum Gasteiger partial charge on any atom is 0.238 e. The number of anilines is 1. The van der Waals surface area contributed by atoms with Crippen LogP contribution in [0.1, 0.15) is 11.1 Å². The van der Waals surface area contributed by atoms with Gasteiger partial charge in [0.1, 0.15) is 0 Å². The molecule has 4 rings (SSSR count). The number of para-hydroxylation sites is 1. The molecule has 2 unspecified atom stereocenters. The Balaban J connectivity index is 1.54. The first-order valence-electron chi connectivity index (χ1n) is 11.2. The number of nitrogens with one attached hydrogen (secondary N) is 2. The van der Waals surface area contributed by atoms with E-state index in [4.69, 9.17) is 11.6 Å². The summed E-state index contributed by atoms with van der Waals surface area (Å²) in [6.45, 7) is 1.06. The smallest absolute Gasteiger partial charge is 0.238 e. The molecule has 1 fully saturated rings. The van der Waals surface area contributed by atoms with E-state index in [-0.39, 0.29) is 36.0 Å². The number of hydrogen-bond donors (Lipinski definition) is 2. The Hall–Kier alpha value is -2.71. The normalized spacial score (nSPS) is 19.2. The number of benzene rings is 3. The fourth-order valence-corrected chi connectivity index (χ4v) is 6.44. The highest BCUT2D eigenvalue weighted by Gasteiger charge is 2.41. The number of sulfone groups is 1. The minimum atomic E-state index is -3.24. The number of amides is 1. The van der Waals surface area contributed by atoms with Gasteiger partial charge in [0.05, 0.1) is 28.8 Å². The van der Waals surface area contributed by atoms with Gasteiger partial charge < -0.3 is 10.6 Å². The molecule has 1 amide bonds. The van der Waals surface area contributed by atoms with Gasteiger partial charge in [-0.25, -0.2) is 8.42 Å². The van der Waals surface area contributed by atoms with Crippen molar-refractivity contribution >= 4 is 33.0 Å². The standard InChI is InChI=1S/C26H28ClN3O3S/c27-22-13-7-8-14-23(22)29-26(31)17-30(16-21-11-5-2-6-12-21)25-19-34(32,33)18-24(25)28-15-20-9-3-1-4-10-20/h1-14,24-25,28H,15-19H2,(H,29,31). The Morgan fingerprint density at radius 1 is 0.882 bits per heavy atom. The maximum absolute atomic E-state index is 13.0. The van der Waals surface area contributed by atoms with E-state index in [1.807, 2.05) is 65.6 Å². The van der Waals surface area contributed by atoms with E-state index in [9.17, 15) is 13.2 Å². The molecule has 3 aromatic carbocycles. The van der Waals surface area contributed by atoms with Crippen molar-refractivity contribution in [3.8, 4) is 0 Å². The minimum absolute atomic E-state index is 0.00562. The molecule has 2 N–H and O–H groups in total. The van der Waals surface area contributed by atoms with Crippen molar-refractivity contribution in [2.45, 2.75) is 25.2 Å². The van der Waals surface area contributed by atoms with Crippen molar-refractivity contribution < 1.29 is 13.2 Å². The quantitative estimate of drug-likeness (QED) is 0.471.